The van der Waals surface area contributed by atoms with E-state index in [-0.39, 0.29) is 24.5 Å². The Hall–Kier alpha value is -5.73. The molecule has 0 aliphatic heterocycles. The van der Waals surface area contributed by atoms with Crippen molar-refractivity contribution in [1.82, 2.24) is 10.6 Å². The smallest absolute Gasteiger partial charge is 0.329 e. The Morgan fingerprint density at radius 2 is 1.29 bits per heavy atom. The zero-order valence-electron chi connectivity index (χ0n) is 27.6. The number of nitro benzene ring substituents is 1. The van der Waals surface area contributed by atoms with Gasteiger partial charge < -0.3 is 31.6 Å². The van der Waals surface area contributed by atoms with Crippen LogP contribution in [0.1, 0.15) is 28.7 Å². The molecule has 0 saturated carbocycles. The Labute approximate surface area is 299 Å². The summed E-state index contributed by atoms with van der Waals surface area (Å²) in [6, 6.07) is 28.2. The molecule has 0 bridgehead atoms. The van der Waals surface area contributed by atoms with Crippen molar-refractivity contribution < 1.29 is 33.6 Å². The first-order valence-electron chi connectivity index (χ1n) is 16.0. The van der Waals surface area contributed by atoms with Crippen molar-refractivity contribution in [3.63, 3.8) is 0 Å². The quantitative estimate of drug-likeness (QED) is 0.0631. The summed E-state index contributed by atoms with van der Waals surface area (Å²) >= 11 is 1.38. The molecule has 3 amide bonds. The lowest BCUT2D eigenvalue weighted by atomic mass is 10.1. The van der Waals surface area contributed by atoms with E-state index in [9.17, 15) is 29.3 Å². The summed E-state index contributed by atoms with van der Waals surface area (Å²) in [5, 5.41) is 16.1. The van der Waals surface area contributed by atoms with Gasteiger partial charge in [0.1, 0.15) is 31.0 Å². The summed E-state index contributed by atoms with van der Waals surface area (Å²) in [5.74, 6) is -1.84. The van der Waals surface area contributed by atoms with Gasteiger partial charge in [-0.2, -0.15) is 11.8 Å². The van der Waals surface area contributed by atoms with E-state index >= 15 is 0 Å². The molecule has 4 aromatic carbocycles. The number of rotatable bonds is 19. The summed E-state index contributed by atoms with van der Waals surface area (Å²) in [6.45, 7) is 0.135. The highest BCUT2D eigenvalue weighted by Crippen LogP contribution is 2.17. The Balaban J connectivity index is 1.38. The van der Waals surface area contributed by atoms with Crippen LogP contribution in [-0.2, 0) is 49.3 Å². The number of nitrogens with two attached hydrogens (primary N) is 2. The van der Waals surface area contributed by atoms with E-state index in [1.54, 1.807) is 12.1 Å². The molecule has 4 rings (SSSR count). The first-order chi connectivity index (χ1) is 24.6. The van der Waals surface area contributed by atoms with Gasteiger partial charge in [-0.25, -0.2) is 4.79 Å². The Morgan fingerprint density at radius 1 is 0.725 bits per heavy atom. The number of nitrogens with zero attached hydrogens (tertiary/aromatic N) is 1. The maximum Gasteiger partial charge on any atom is 0.329 e. The third-order valence-corrected chi connectivity index (χ3v) is 8.63. The molecule has 0 radical (unpaired) electrons. The minimum absolute atomic E-state index is 0.119. The molecule has 0 aromatic heterocycles. The number of primary amides is 1. The third kappa shape index (κ3) is 12.9. The van der Waals surface area contributed by atoms with Gasteiger partial charge in [-0.1, -0.05) is 72.8 Å². The second-order valence-corrected chi connectivity index (χ2v) is 12.6. The largest absolute Gasteiger partial charge is 0.489 e. The molecule has 0 heterocycles. The normalized spacial score (nSPS) is 12.5. The van der Waals surface area contributed by atoms with Crippen molar-refractivity contribution >= 4 is 41.1 Å². The van der Waals surface area contributed by atoms with Gasteiger partial charge in [-0.05, 0) is 52.9 Å². The number of thioether (sulfide) groups is 1. The van der Waals surface area contributed by atoms with Crippen LogP contribution in [0.25, 0.3) is 0 Å². The van der Waals surface area contributed by atoms with Crippen molar-refractivity contribution in [3.8, 4) is 5.75 Å². The molecule has 0 unspecified atom stereocenters. The van der Waals surface area contributed by atoms with Crippen LogP contribution in [-0.4, -0.2) is 52.5 Å². The molecule has 0 aliphatic carbocycles. The van der Waals surface area contributed by atoms with E-state index in [0.29, 0.717) is 23.7 Å². The number of esters is 1. The molecule has 14 heteroatoms. The number of non-ortho nitro benzene ring substituents is 1. The molecule has 266 valence electrons. The lowest BCUT2D eigenvalue weighted by Crippen LogP contribution is -2.56. The average Bonchev–Trinajstić information content (AvgIpc) is 3.13. The van der Waals surface area contributed by atoms with Crippen LogP contribution in [0.3, 0.4) is 0 Å². The van der Waals surface area contributed by atoms with Crippen LogP contribution < -0.4 is 26.8 Å². The maximum absolute atomic E-state index is 13.6. The summed E-state index contributed by atoms with van der Waals surface area (Å²) in [7, 11) is 0. The Bertz CT molecular complexity index is 1760. The van der Waals surface area contributed by atoms with Gasteiger partial charge in [0.05, 0.1) is 17.4 Å². The van der Waals surface area contributed by atoms with Crippen LogP contribution in [0, 0.1) is 10.1 Å². The summed E-state index contributed by atoms with van der Waals surface area (Å²) in [6.07, 6.45) is -0.386. The first kappa shape index (κ1) is 38.1. The first-order valence-corrected chi connectivity index (χ1v) is 17.1. The molecule has 13 nitrogen and oxygen atoms in total. The fourth-order valence-electron chi connectivity index (χ4n) is 4.78. The Morgan fingerprint density at radius 3 is 1.90 bits per heavy atom. The number of nitro groups is 1. The number of benzene rings is 4. The van der Waals surface area contributed by atoms with E-state index in [1.807, 2.05) is 72.8 Å². The van der Waals surface area contributed by atoms with Gasteiger partial charge in [0.15, 0.2) is 0 Å². The molecular formula is C37H39N5O8S. The molecule has 0 aliphatic rings. The van der Waals surface area contributed by atoms with Gasteiger partial charge in [0.2, 0.25) is 17.7 Å². The second-order valence-electron chi connectivity index (χ2n) is 11.6. The summed E-state index contributed by atoms with van der Waals surface area (Å²) in [5.41, 5.74) is 14.8. The Kier molecular flexibility index (Phi) is 14.5. The summed E-state index contributed by atoms with van der Waals surface area (Å²) < 4.78 is 11.1. The van der Waals surface area contributed by atoms with E-state index < -0.39 is 53.2 Å². The summed E-state index contributed by atoms with van der Waals surface area (Å²) in [4.78, 5) is 62.0. The minimum Gasteiger partial charge on any atom is -0.489 e. The van der Waals surface area contributed by atoms with Gasteiger partial charge in [0, 0.05) is 23.6 Å². The van der Waals surface area contributed by atoms with Crippen molar-refractivity contribution in [2.45, 2.75) is 49.9 Å². The number of amides is 3. The van der Waals surface area contributed by atoms with Crippen molar-refractivity contribution in [2.24, 2.45) is 11.5 Å². The molecular weight excluding hydrogens is 675 g/mol. The van der Waals surface area contributed by atoms with Crippen LogP contribution in [0.15, 0.2) is 109 Å². The van der Waals surface area contributed by atoms with E-state index in [2.05, 4.69) is 10.6 Å². The van der Waals surface area contributed by atoms with Gasteiger partial charge in [0.25, 0.3) is 5.69 Å². The van der Waals surface area contributed by atoms with Crippen LogP contribution in [0.2, 0.25) is 0 Å². The molecule has 6 N–H and O–H groups in total. The molecule has 3 atom stereocenters. The molecule has 4 aromatic rings. The highest BCUT2D eigenvalue weighted by molar-refractivity contribution is 7.98. The highest BCUT2D eigenvalue weighted by Gasteiger charge is 2.30. The number of nitrogens with one attached hydrogen (secondary N) is 2. The highest BCUT2D eigenvalue weighted by atomic mass is 32.2. The standard InChI is InChI=1S/C37H39N5O8S/c38-31(19-25-13-17-30(18-14-25)49-21-26-7-3-1-4-8-26)35(44)41-33(24-51-23-28-9-5-2-6-10-28)36(45)40-32(20-34(39)43)37(46)50-22-27-11-15-29(16-12-27)42(47)48/h1-18,31-33H,19-24,38H2,(H2,39,43)(H,40,45)(H,41,44)/t31-,32-,33-/m0/s1. The lowest BCUT2D eigenvalue weighted by molar-refractivity contribution is -0.384. The van der Waals surface area contributed by atoms with Crippen LogP contribution >= 0.6 is 11.8 Å². The van der Waals surface area contributed by atoms with Gasteiger partial charge in [-0.3, -0.25) is 24.5 Å². The zero-order chi connectivity index (χ0) is 36.6. The molecule has 0 saturated heterocycles. The average molecular weight is 714 g/mol. The number of carbonyl (C=O) groups is 4. The van der Waals surface area contributed by atoms with E-state index in [1.165, 1.54) is 36.0 Å². The predicted molar refractivity (Wildman–Crippen MR) is 192 cm³/mol. The lowest BCUT2D eigenvalue weighted by Gasteiger charge is -2.23. The minimum atomic E-state index is -1.46. The fraction of sp³-hybridized carbons (Fsp3) is 0.243. The van der Waals surface area contributed by atoms with Crippen LogP contribution in [0.4, 0.5) is 5.69 Å². The zero-order valence-corrected chi connectivity index (χ0v) is 28.5. The number of ether oxygens (including phenoxy) is 2. The topological polar surface area (TPSA) is 206 Å². The third-order valence-electron chi connectivity index (χ3n) is 7.53. The van der Waals surface area contributed by atoms with Gasteiger partial charge in [-0.15, -0.1) is 0 Å². The number of carbonyl (C=O) groups excluding carboxylic acids is 4. The second kappa shape index (κ2) is 19.5. The maximum atomic E-state index is 13.6. The van der Waals surface area contributed by atoms with E-state index in [0.717, 1.165) is 16.7 Å². The van der Waals surface area contributed by atoms with Crippen molar-refractivity contribution in [2.75, 3.05) is 5.75 Å². The number of hydrogen-bond acceptors (Lipinski definition) is 10. The molecule has 0 fully saturated rings. The predicted octanol–water partition coefficient (Wildman–Crippen LogP) is 3.57. The monoisotopic (exact) mass is 713 g/mol. The molecule has 51 heavy (non-hydrogen) atoms. The van der Waals surface area contributed by atoms with Gasteiger partial charge >= 0.3 is 5.97 Å². The van der Waals surface area contributed by atoms with E-state index in [4.69, 9.17) is 20.9 Å². The number of hydrogen-bond donors (Lipinski definition) is 4. The molecule has 0 spiro atoms. The SMILES string of the molecule is NC(=O)C[C@H](NC(=O)[C@H](CSCc1ccccc1)NC(=O)[C@@H](N)Cc1ccc(OCc2ccccc2)cc1)C(=O)OCc1ccc([N+](=O)[O-])cc1. The van der Waals surface area contributed by atoms with Crippen LogP contribution in [0.5, 0.6) is 5.75 Å². The van der Waals surface area contributed by atoms with Crippen molar-refractivity contribution in [3.05, 3.63) is 142 Å². The fourth-order valence-corrected chi connectivity index (χ4v) is 5.79. The van der Waals surface area contributed by atoms with Crippen molar-refractivity contribution in [1.29, 1.82) is 0 Å².